The molecule has 0 bridgehead atoms. The van der Waals surface area contributed by atoms with Crippen molar-refractivity contribution in [2.24, 2.45) is 5.92 Å². The van der Waals surface area contributed by atoms with Crippen molar-refractivity contribution in [1.29, 1.82) is 0 Å². The summed E-state index contributed by atoms with van der Waals surface area (Å²) in [5, 5.41) is 9.37. The maximum atomic E-state index is 11.8. The second-order valence-electron chi connectivity index (χ2n) is 6.98. The van der Waals surface area contributed by atoms with Crippen LogP contribution in [0.4, 0.5) is 5.82 Å². The Bertz CT molecular complexity index is 781. The number of hydrogen-bond donors (Lipinski definition) is 1. The standard InChI is InChI=1S/C18H26N6OS/c1-2-26-18-21-15(23-9-4-3-5-10-23)14-12-20-24(16(14)22-18)11-8-19-17(25)13-6-7-13/h12-13H,2-11H2,1H3,(H,19,25). The Kier molecular flexibility index (Phi) is 5.28. The van der Waals surface area contributed by atoms with E-state index in [1.54, 1.807) is 11.8 Å². The Morgan fingerprint density at radius 2 is 2.08 bits per heavy atom. The fourth-order valence-electron chi connectivity index (χ4n) is 3.40. The molecule has 8 heteroatoms. The summed E-state index contributed by atoms with van der Waals surface area (Å²) in [5.74, 6) is 2.37. The average Bonchev–Trinajstić information content (AvgIpc) is 3.44. The topological polar surface area (TPSA) is 75.9 Å². The molecule has 0 radical (unpaired) electrons. The van der Waals surface area contributed by atoms with Crippen molar-refractivity contribution in [2.75, 3.05) is 30.3 Å². The quantitative estimate of drug-likeness (QED) is 0.593. The van der Waals surface area contributed by atoms with Crippen LogP contribution < -0.4 is 10.2 Å². The molecule has 1 saturated carbocycles. The minimum Gasteiger partial charge on any atom is -0.356 e. The van der Waals surface area contributed by atoms with Crippen LogP contribution >= 0.6 is 11.8 Å². The van der Waals surface area contributed by atoms with E-state index in [0.29, 0.717) is 13.1 Å². The molecule has 0 spiro atoms. The maximum Gasteiger partial charge on any atom is 0.223 e. The number of nitrogens with zero attached hydrogens (tertiary/aromatic N) is 5. The summed E-state index contributed by atoms with van der Waals surface area (Å²) in [6.07, 6.45) is 7.65. The van der Waals surface area contributed by atoms with Crippen molar-refractivity contribution in [2.45, 2.75) is 50.7 Å². The molecule has 140 valence electrons. The van der Waals surface area contributed by atoms with Crippen LogP contribution in [0.3, 0.4) is 0 Å². The Labute approximate surface area is 157 Å². The third-order valence-electron chi connectivity index (χ3n) is 4.96. The van der Waals surface area contributed by atoms with Gasteiger partial charge in [0, 0.05) is 25.6 Å². The fourth-order valence-corrected chi connectivity index (χ4v) is 3.96. The first-order chi connectivity index (χ1) is 12.8. The van der Waals surface area contributed by atoms with Crippen LogP contribution in [-0.4, -0.2) is 51.0 Å². The van der Waals surface area contributed by atoms with E-state index in [1.165, 1.54) is 19.3 Å². The molecule has 26 heavy (non-hydrogen) atoms. The second-order valence-corrected chi connectivity index (χ2v) is 8.21. The minimum absolute atomic E-state index is 0.173. The number of rotatable bonds is 7. The number of nitrogens with one attached hydrogen (secondary N) is 1. The summed E-state index contributed by atoms with van der Waals surface area (Å²) in [7, 11) is 0. The number of carbonyl (C=O) groups is 1. The van der Waals surface area contributed by atoms with Crippen molar-refractivity contribution in [3.63, 3.8) is 0 Å². The predicted molar refractivity (Wildman–Crippen MR) is 104 cm³/mol. The van der Waals surface area contributed by atoms with Crippen molar-refractivity contribution in [3.8, 4) is 0 Å². The van der Waals surface area contributed by atoms with Crippen LogP contribution in [0.15, 0.2) is 11.4 Å². The van der Waals surface area contributed by atoms with Crippen molar-refractivity contribution in [3.05, 3.63) is 6.20 Å². The molecule has 7 nitrogen and oxygen atoms in total. The lowest BCUT2D eigenvalue weighted by Crippen LogP contribution is -2.30. The van der Waals surface area contributed by atoms with Gasteiger partial charge in [-0.2, -0.15) is 5.10 Å². The molecule has 2 aromatic heterocycles. The van der Waals surface area contributed by atoms with Gasteiger partial charge in [-0.3, -0.25) is 4.79 Å². The molecule has 4 rings (SSSR count). The lowest BCUT2D eigenvalue weighted by molar-refractivity contribution is -0.122. The number of carbonyl (C=O) groups excluding carboxylic acids is 1. The molecule has 2 aliphatic rings. The highest BCUT2D eigenvalue weighted by Gasteiger charge is 2.29. The summed E-state index contributed by atoms with van der Waals surface area (Å²) in [5.41, 5.74) is 0.872. The van der Waals surface area contributed by atoms with Gasteiger partial charge in [0.1, 0.15) is 5.82 Å². The Balaban J connectivity index is 1.57. The summed E-state index contributed by atoms with van der Waals surface area (Å²) < 4.78 is 1.90. The monoisotopic (exact) mass is 374 g/mol. The SMILES string of the molecule is CCSc1nc(N2CCCCC2)c2cnn(CCNC(=O)C3CC3)c2n1. The molecule has 1 aliphatic carbocycles. The predicted octanol–water partition coefficient (Wildman–Crippen LogP) is 2.45. The summed E-state index contributed by atoms with van der Waals surface area (Å²) in [4.78, 5) is 23.8. The molecule has 1 saturated heterocycles. The van der Waals surface area contributed by atoms with Gasteiger partial charge in [0.25, 0.3) is 0 Å². The molecule has 3 heterocycles. The number of fused-ring (bicyclic) bond motifs is 1. The zero-order valence-electron chi connectivity index (χ0n) is 15.3. The van der Waals surface area contributed by atoms with E-state index in [1.807, 2.05) is 10.9 Å². The molecule has 2 fully saturated rings. The van der Waals surface area contributed by atoms with Gasteiger partial charge in [0.05, 0.1) is 18.1 Å². The van der Waals surface area contributed by atoms with E-state index in [-0.39, 0.29) is 11.8 Å². The maximum absolute atomic E-state index is 11.8. The lowest BCUT2D eigenvalue weighted by Gasteiger charge is -2.28. The largest absolute Gasteiger partial charge is 0.356 e. The van der Waals surface area contributed by atoms with Gasteiger partial charge in [-0.1, -0.05) is 18.7 Å². The van der Waals surface area contributed by atoms with E-state index < -0.39 is 0 Å². The van der Waals surface area contributed by atoms with Crippen LogP contribution in [0.5, 0.6) is 0 Å². The molecule has 0 atom stereocenters. The van der Waals surface area contributed by atoms with Gasteiger partial charge in [-0.05, 0) is 37.9 Å². The van der Waals surface area contributed by atoms with Gasteiger partial charge in [0.2, 0.25) is 5.91 Å². The van der Waals surface area contributed by atoms with E-state index in [9.17, 15) is 4.79 Å². The van der Waals surface area contributed by atoms with Gasteiger partial charge >= 0.3 is 0 Å². The van der Waals surface area contributed by atoms with Crippen molar-refractivity contribution < 1.29 is 4.79 Å². The molecule has 0 aromatic carbocycles. The first-order valence-corrected chi connectivity index (χ1v) is 10.6. The van der Waals surface area contributed by atoms with Crippen LogP contribution in [0.2, 0.25) is 0 Å². The number of amides is 1. The first kappa shape index (κ1) is 17.6. The van der Waals surface area contributed by atoms with Gasteiger partial charge in [-0.25, -0.2) is 14.6 Å². The highest BCUT2D eigenvalue weighted by atomic mass is 32.2. The molecule has 1 aliphatic heterocycles. The minimum atomic E-state index is 0.173. The Morgan fingerprint density at radius 1 is 1.27 bits per heavy atom. The second kappa shape index (κ2) is 7.82. The number of anilines is 1. The molecular formula is C18H26N6OS. The highest BCUT2D eigenvalue weighted by molar-refractivity contribution is 7.99. The number of piperidine rings is 1. The normalized spacial score (nSPS) is 17.7. The van der Waals surface area contributed by atoms with Crippen LogP contribution in [0.25, 0.3) is 11.0 Å². The summed E-state index contributed by atoms with van der Waals surface area (Å²) >= 11 is 1.66. The zero-order chi connectivity index (χ0) is 17.9. The van der Waals surface area contributed by atoms with Gasteiger partial charge in [0.15, 0.2) is 10.8 Å². The van der Waals surface area contributed by atoms with E-state index in [0.717, 1.165) is 53.7 Å². The molecule has 0 unspecified atom stereocenters. The number of hydrogen-bond acceptors (Lipinski definition) is 6. The van der Waals surface area contributed by atoms with Crippen LogP contribution in [-0.2, 0) is 11.3 Å². The van der Waals surface area contributed by atoms with Crippen molar-refractivity contribution >= 4 is 34.5 Å². The summed E-state index contributed by atoms with van der Waals surface area (Å²) in [6, 6.07) is 0. The third kappa shape index (κ3) is 3.79. The lowest BCUT2D eigenvalue weighted by atomic mass is 10.1. The van der Waals surface area contributed by atoms with E-state index >= 15 is 0 Å². The van der Waals surface area contributed by atoms with Crippen LogP contribution in [0, 0.1) is 5.92 Å². The first-order valence-electron chi connectivity index (χ1n) is 9.65. The molecular weight excluding hydrogens is 348 g/mol. The summed E-state index contributed by atoms with van der Waals surface area (Å²) in [6.45, 7) is 5.43. The van der Waals surface area contributed by atoms with E-state index in [4.69, 9.17) is 9.97 Å². The number of thioether (sulfide) groups is 1. The zero-order valence-corrected chi connectivity index (χ0v) is 16.1. The average molecular weight is 375 g/mol. The Morgan fingerprint density at radius 3 is 2.81 bits per heavy atom. The third-order valence-corrected chi connectivity index (χ3v) is 5.69. The van der Waals surface area contributed by atoms with E-state index in [2.05, 4.69) is 22.2 Å². The van der Waals surface area contributed by atoms with Crippen molar-refractivity contribution in [1.82, 2.24) is 25.1 Å². The van der Waals surface area contributed by atoms with Gasteiger partial charge < -0.3 is 10.2 Å². The van der Waals surface area contributed by atoms with Gasteiger partial charge in [-0.15, -0.1) is 0 Å². The number of aromatic nitrogens is 4. The fraction of sp³-hybridized carbons (Fsp3) is 0.667. The highest BCUT2D eigenvalue weighted by Crippen LogP contribution is 2.30. The smallest absolute Gasteiger partial charge is 0.223 e. The molecule has 2 aromatic rings. The van der Waals surface area contributed by atoms with Crippen LogP contribution in [0.1, 0.15) is 39.0 Å². The molecule has 1 amide bonds. The Hall–Kier alpha value is -1.83. The molecule has 1 N–H and O–H groups in total.